The number of carboxylic acids is 1. The molecule has 2 N–H and O–H groups in total. The molecule has 2 atom stereocenters. The number of amides is 2. The maximum Gasteiger partial charge on any atom is 0.408 e. The first-order valence-corrected chi connectivity index (χ1v) is 7.66. The van der Waals surface area contributed by atoms with Crippen molar-refractivity contribution in [2.75, 3.05) is 13.1 Å². The molecule has 23 heavy (non-hydrogen) atoms. The normalized spacial score (nSPS) is 24.2. The third kappa shape index (κ3) is 4.24. The maximum atomic E-state index is 12.4. The average molecular weight is 326 g/mol. The van der Waals surface area contributed by atoms with Gasteiger partial charge in [-0.15, -0.1) is 6.58 Å². The van der Waals surface area contributed by atoms with Gasteiger partial charge in [0.1, 0.15) is 17.7 Å². The number of carbonyl (C=O) groups excluding carboxylic acids is 2. The number of aliphatic carboxylic acids is 1. The van der Waals surface area contributed by atoms with E-state index in [1.165, 1.54) is 11.0 Å². The van der Waals surface area contributed by atoms with Gasteiger partial charge in [-0.25, -0.2) is 9.59 Å². The van der Waals surface area contributed by atoms with Crippen LogP contribution in [0.4, 0.5) is 4.79 Å². The molecule has 1 fully saturated rings. The number of nitrogens with one attached hydrogen (secondary N) is 1. The zero-order valence-electron chi connectivity index (χ0n) is 14.2. The number of likely N-dealkylation sites (tertiary alicyclic amines) is 1. The minimum Gasteiger partial charge on any atom is -0.479 e. The first kappa shape index (κ1) is 19.0. The summed E-state index contributed by atoms with van der Waals surface area (Å²) in [7, 11) is 0. The summed E-state index contributed by atoms with van der Waals surface area (Å²) in [6.45, 7) is 10.6. The molecule has 1 unspecified atom stereocenters. The lowest BCUT2D eigenvalue weighted by atomic mass is 9.83. The van der Waals surface area contributed by atoms with Gasteiger partial charge < -0.3 is 20.1 Å². The minimum atomic E-state index is -1.30. The van der Waals surface area contributed by atoms with Gasteiger partial charge in [-0.3, -0.25) is 4.79 Å². The van der Waals surface area contributed by atoms with Crippen LogP contribution in [0.1, 0.15) is 40.5 Å². The number of hydrogen-bond donors (Lipinski definition) is 2. The lowest BCUT2D eigenvalue weighted by Gasteiger charge is -2.37. The standard InChI is InChI=1S/C16H26N2O5/c1-6-8-16(13(20)21)11(2)7-9-18(16)12(19)10-17-14(22)23-15(3,4)5/h6,11H,1,7-10H2,2-5H3,(H,17,22)(H,20,21)/t11?,16-/m0/s1. The van der Waals surface area contributed by atoms with Crippen LogP contribution in [0.3, 0.4) is 0 Å². The topological polar surface area (TPSA) is 95.9 Å². The van der Waals surface area contributed by atoms with E-state index in [4.69, 9.17) is 4.74 Å². The highest BCUT2D eigenvalue weighted by molar-refractivity contribution is 5.90. The van der Waals surface area contributed by atoms with Crippen molar-refractivity contribution in [2.45, 2.75) is 51.7 Å². The van der Waals surface area contributed by atoms with Crippen molar-refractivity contribution >= 4 is 18.0 Å². The van der Waals surface area contributed by atoms with Crippen molar-refractivity contribution in [3.05, 3.63) is 12.7 Å². The Morgan fingerprint density at radius 3 is 2.52 bits per heavy atom. The molecule has 0 bridgehead atoms. The molecule has 0 saturated carbocycles. The molecule has 1 saturated heterocycles. The van der Waals surface area contributed by atoms with E-state index in [-0.39, 0.29) is 18.9 Å². The van der Waals surface area contributed by atoms with Crippen LogP contribution in [-0.2, 0) is 14.3 Å². The zero-order chi connectivity index (χ0) is 17.8. The van der Waals surface area contributed by atoms with Crippen molar-refractivity contribution in [3.8, 4) is 0 Å². The summed E-state index contributed by atoms with van der Waals surface area (Å²) in [5.74, 6) is -1.68. The smallest absolute Gasteiger partial charge is 0.408 e. The molecule has 130 valence electrons. The van der Waals surface area contributed by atoms with Gasteiger partial charge in [0.15, 0.2) is 0 Å². The van der Waals surface area contributed by atoms with E-state index in [1.807, 2.05) is 6.92 Å². The molecule has 7 heteroatoms. The van der Waals surface area contributed by atoms with E-state index in [1.54, 1.807) is 20.8 Å². The zero-order valence-corrected chi connectivity index (χ0v) is 14.2. The molecule has 0 aromatic heterocycles. The Morgan fingerprint density at radius 1 is 1.43 bits per heavy atom. The van der Waals surface area contributed by atoms with Gasteiger partial charge >= 0.3 is 12.1 Å². The summed E-state index contributed by atoms with van der Waals surface area (Å²) in [5, 5.41) is 12.0. The Bertz CT molecular complexity index is 497. The van der Waals surface area contributed by atoms with Crippen molar-refractivity contribution in [1.82, 2.24) is 10.2 Å². The summed E-state index contributed by atoms with van der Waals surface area (Å²) in [6, 6.07) is 0. The van der Waals surface area contributed by atoms with E-state index >= 15 is 0 Å². The van der Waals surface area contributed by atoms with E-state index < -0.39 is 29.1 Å². The number of alkyl carbamates (subject to hydrolysis) is 1. The van der Waals surface area contributed by atoms with E-state index in [0.717, 1.165) is 0 Å². The SMILES string of the molecule is C=CC[C@@]1(C(=O)O)C(C)CCN1C(=O)CNC(=O)OC(C)(C)C. The van der Waals surface area contributed by atoms with Crippen LogP contribution in [-0.4, -0.2) is 52.2 Å². The molecule has 1 heterocycles. The molecule has 0 spiro atoms. The van der Waals surface area contributed by atoms with Gasteiger partial charge in [0, 0.05) is 6.54 Å². The predicted octanol–water partition coefficient (Wildman–Crippen LogP) is 1.78. The van der Waals surface area contributed by atoms with Crippen molar-refractivity contribution in [3.63, 3.8) is 0 Å². The van der Waals surface area contributed by atoms with Crippen LogP contribution >= 0.6 is 0 Å². The van der Waals surface area contributed by atoms with Gasteiger partial charge in [-0.05, 0) is 39.5 Å². The molecular weight excluding hydrogens is 300 g/mol. The van der Waals surface area contributed by atoms with Crippen LogP contribution in [0.2, 0.25) is 0 Å². The Balaban J connectivity index is 2.80. The van der Waals surface area contributed by atoms with Gasteiger partial charge in [-0.2, -0.15) is 0 Å². The van der Waals surface area contributed by atoms with Crippen molar-refractivity contribution in [2.24, 2.45) is 5.92 Å². The Labute approximate surface area is 136 Å². The predicted molar refractivity (Wildman–Crippen MR) is 84.9 cm³/mol. The minimum absolute atomic E-state index is 0.168. The summed E-state index contributed by atoms with van der Waals surface area (Å²) in [4.78, 5) is 37.2. The molecule has 1 aliphatic heterocycles. The van der Waals surface area contributed by atoms with Gasteiger partial charge in [0.25, 0.3) is 0 Å². The molecule has 0 aromatic carbocycles. The first-order chi connectivity index (χ1) is 10.5. The fraction of sp³-hybridized carbons (Fsp3) is 0.688. The van der Waals surface area contributed by atoms with Gasteiger partial charge in [0.05, 0.1) is 0 Å². The first-order valence-electron chi connectivity index (χ1n) is 7.66. The number of carbonyl (C=O) groups is 3. The molecule has 1 aliphatic rings. The van der Waals surface area contributed by atoms with Gasteiger partial charge in [0.2, 0.25) is 5.91 Å². The van der Waals surface area contributed by atoms with E-state index in [9.17, 15) is 19.5 Å². The molecular formula is C16H26N2O5. The quantitative estimate of drug-likeness (QED) is 0.751. The second-order valence-electron chi connectivity index (χ2n) is 6.81. The van der Waals surface area contributed by atoms with Gasteiger partial charge in [-0.1, -0.05) is 13.0 Å². The Morgan fingerprint density at radius 2 is 2.04 bits per heavy atom. The van der Waals surface area contributed by atoms with Crippen LogP contribution in [0.25, 0.3) is 0 Å². The fourth-order valence-corrected chi connectivity index (χ4v) is 2.88. The summed E-state index contributed by atoms with van der Waals surface area (Å²) < 4.78 is 5.07. The molecule has 0 aromatic rings. The largest absolute Gasteiger partial charge is 0.479 e. The van der Waals surface area contributed by atoms with E-state index in [0.29, 0.717) is 13.0 Å². The highest BCUT2D eigenvalue weighted by Gasteiger charge is 2.53. The summed E-state index contributed by atoms with van der Waals surface area (Å²) in [5.41, 5.74) is -1.96. The van der Waals surface area contributed by atoms with Crippen LogP contribution in [0.15, 0.2) is 12.7 Å². The van der Waals surface area contributed by atoms with Crippen LogP contribution in [0, 0.1) is 5.92 Å². The average Bonchev–Trinajstić information content (AvgIpc) is 2.73. The summed E-state index contributed by atoms with van der Waals surface area (Å²) >= 11 is 0. The molecule has 7 nitrogen and oxygen atoms in total. The second-order valence-corrected chi connectivity index (χ2v) is 6.81. The molecule has 0 radical (unpaired) electrons. The molecule has 1 rings (SSSR count). The third-order valence-corrected chi connectivity index (χ3v) is 3.99. The number of carboxylic acid groups (broad SMARTS) is 1. The van der Waals surface area contributed by atoms with Crippen LogP contribution < -0.4 is 5.32 Å². The third-order valence-electron chi connectivity index (χ3n) is 3.99. The highest BCUT2D eigenvalue weighted by Crippen LogP contribution is 2.38. The Kier molecular flexibility index (Phi) is 5.80. The van der Waals surface area contributed by atoms with Crippen LogP contribution in [0.5, 0.6) is 0 Å². The highest BCUT2D eigenvalue weighted by atomic mass is 16.6. The number of ether oxygens (including phenoxy) is 1. The molecule has 0 aliphatic carbocycles. The number of rotatable bonds is 5. The van der Waals surface area contributed by atoms with E-state index in [2.05, 4.69) is 11.9 Å². The number of nitrogens with zero attached hydrogens (tertiary/aromatic N) is 1. The van der Waals surface area contributed by atoms with Crippen molar-refractivity contribution in [1.29, 1.82) is 0 Å². The fourth-order valence-electron chi connectivity index (χ4n) is 2.88. The lowest BCUT2D eigenvalue weighted by molar-refractivity contribution is -0.158. The maximum absolute atomic E-state index is 12.4. The number of hydrogen-bond acceptors (Lipinski definition) is 4. The van der Waals surface area contributed by atoms with Crippen molar-refractivity contribution < 1.29 is 24.2 Å². The Hall–Kier alpha value is -2.05. The second kappa shape index (κ2) is 7.02. The lowest BCUT2D eigenvalue weighted by Crippen LogP contribution is -2.57. The molecule has 2 amide bonds. The monoisotopic (exact) mass is 326 g/mol. The summed E-state index contributed by atoms with van der Waals surface area (Å²) in [6.07, 6.45) is 1.57.